The van der Waals surface area contributed by atoms with E-state index in [1.54, 1.807) is 30.3 Å². The molecule has 0 saturated heterocycles. The van der Waals surface area contributed by atoms with Crippen LogP contribution in [0.25, 0.3) is 0 Å². The van der Waals surface area contributed by atoms with Gasteiger partial charge in [-0.2, -0.15) is 0 Å². The first-order chi connectivity index (χ1) is 11.3. The van der Waals surface area contributed by atoms with E-state index in [4.69, 9.17) is 9.88 Å². The van der Waals surface area contributed by atoms with Gasteiger partial charge in [0.2, 0.25) is 10.0 Å². The molecule has 0 aromatic heterocycles. The molecule has 24 heavy (non-hydrogen) atoms. The molecule has 2 aromatic rings. The van der Waals surface area contributed by atoms with Crippen LogP contribution >= 0.6 is 15.9 Å². The van der Waals surface area contributed by atoms with Gasteiger partial charge in [0.05, 0.1) is 17.6 Å². The summed E-state index contributed by atoms with van der Waals surface area (Å²) in [6.07, 6.45) is 0.568. The van der Waals surface area contributed by atoms with Gasteiger partial charge in [-0.15, -0.1) is 0 Å². The van der Waals surface area contributed by atoms with Crippen molar-refractivity contribution in [2.24, 2.45) is 5.14 Å². The Labute approximate surface area is 149 Å². The Morgan fingerprint density at radius 2 is 1.88 bits per heavy atom. The summed E-state index contributed by atoms with van der Waals surface area (Å²) in [7, 11) is -2.15. The molecule has 3 N–H and O–H groups in total. The average Bonchev–Trinajstić information content (AvgIpc) is 2.55. The predicted octanol–water partition coefficient (Wildman–Crippen LogP) is 2.08. The summed E-state index contributed by atoms with van der Waals surface area (Å²) >= 11 is 3.34. The number of halogens is 1. The van der Waals surface area contributed by atoms with Crippen molar-refractivity contribution in [1.29, 1.82) is 0 Å². The van der Waals surface area contributed by atoms with Crippen molar-refractivity contribution >= 4 is 31.9 Å². The molecule has 0 atom stereocenters. The molecular formula is C16H17BrN2O4S. The van der Waals surface area contributed by atoms with E-state index in [1.165, 1.54) is 19.2 Å². The molecule has 0 saturated carbocycles. The summed E-state index contributed by atoms with van der Waals surface area (Å²) in [5.41, 5.74) is 1.38. The van der Waals surface area contributed by atoms with Gasteiger partial charge in [-0.25, -0.2) is 13.6 Å². The second-order valence-corrected chi connectivity index (χ2v) is 7.46. The van der Waals surface area contributed by atoms with E-state index >= 15 is 0 Å². The van der Waals surface area contributed by atoms with Gasteiger partial charge < -0.3 is 10.1 Å². The first-order valence-corrected chi connectivity index (χ1v) is 9.38. The van der Waals surface area contributed by atoms with Crippen molar-refractivity contribution in [3.63, 3.8) is 0 Å². The number of primary sulfonamides is 1. The standard InChI is InChI=1S/C16H17BrN2O4S/c1-23-12-4-7-15(17)14(10-12)16(20)19-9-8-11-2-5-13(6-3-11)24(18,21)22/h2-7,10H,8-9H2,1H3,(H,19,20)(H2,18,21,22). The van der Waals surface area contributed by atoms with Crippen LogP contribution in [0, 0.1) is 0 Å². The number of rotatable bonds is 6. The number of sulfonamides is 1. The predicted molar refractivity (Wildman–Crippen MR) is 94.5 cm³/mol. The van der Waals surface area contributed by atoms with Crippen LogP contribution in [-0.4, -0.2) is 28.0 Å². The fourth-order valence-electron chi connectivity index (χ4n) is 2.07. The van der Waals surface area contributed by atoms with E-state index in [0.717, 1.165) is 5.56 Å². The lowest BCUT2D eigenvalue weighted by molar-refractivity contribution is 0.0953. The van der Waals surface area contributed by atoms with Crippen molar-refractivity contribution in [3.8, 4) is 5.75 Å². The summed E-state index contributed by atoms with van der Waals surface area (Å²) in [5.74, 6) is 0.379. The fourth-order valence-corrected chi connectivity index (χ4v) is 3.01. The zero-order valence-electron chi connectivity index (χ0n) is 13.0. The Kier molecular flexibility index (Phi) is 5.98. The van der Waals surface area contributed by atoms with Gasteiger partial charge in [0.25, 0.3) is 5.91 Å². The number of hydrogen-bond acceptors (Lipinski definition) is 4. The molecule has 0 radical (unpaired) electrons. The SMILES string of the molecule is COc1ccc(Br)c(C(=O)NCCc2ccc(S(N)(=O)=O)cc2)c1. The molecule has 0 unspecified atom stereocenters. The largest absolute Gasteiger partial charge is 0.497 e. The Balaban J connectivity index is 1.95. The van der Waals surface area contributed by atoms with Gasteiger partial charge in [-0.1, -0.05) is 12.1 Å². The second-order valence-electron chi connectivity index (χ2n) is 5.04. The van der Waals surface area contributed by atoms with E-state index in [2.05, 4.69) is 21.2 Å². The number of amides is 1. The molecule has 0 aliphatic heterocycles. The van der Waals surface area contributed by atoms with Crippen molar-refractivity contribution in [3.05, 3.63) is 58.1 Å². The zero-order valence-corrected chi connectivity index (χ0v) is 15.4. The van der Waals surface area contributed by atoms with Crippen LogP contribution in [0.3, 0.4) is 0 Å². The highest BCUT2D eigenvalue weighted by Crippen LogP contribution is 2.22. The minimum atomic E-state index is -3.69. The number of carbonyl (C=O) groups excluding carboxylic acids is 1. The quantitative estimate of drug-likeness (QED) is 0.758. The van der Waals surface area contributed by atoms with Gasteiger partial charge in [0.15, 0.2) is 0 Å². The number of nitrogens with one attached hydrogen (secondary N) is 1. The molecule has 1 amide bonds. The van der Waals surface area contributed by atoms with Gasteiger partial charge >= 0.3 is 0 Å². The van der Waals surface area contributed by atoms with E-state index in [-0.39, 0.29) is 10.8 Å². The first-order valence-electron chi connectivity index (χ1n) is 7.05. The summed E-state index contributed by atoms with van der Waals surface area (Å²) < 4.78 is 28.2. The normalized spacial score (nSPS) is 11.1. The van der Waals surface area contributed by atoms with Gasteiger partial charge in [0, 0.05) is 11.0 Å². The Morgan fingerprint density at radius 3 is 2.46 bits per heavy atom. The Hall–Kier alpha value is -1.90. The maximum atomic E-state index is 12.2. The summed E-state index contributed by atoms with van der Waals surface area (Å²) in [6.45, 7) is 0.414. The molecule has 6 nitrogen and oxygen atoms in total. The molecule has 2 aromatic carbocycles. The molecule has 0 fully saturated rings. The van der Waals surface area contributed by atoms with Crippen LogP contribution in [0.15, 0.2) is 51.8 Å². The molecule has 0 aliphatic rings. The maximum absolute atomic E-state index is 12.2. The highest BCUT2D eigenvalue weighted by molar-refractivity contribution is 9.10. The molecule has 8 heteroatoms. The molecule has 0 aliphatic carbocycles. The van der Waals surface area contributed by atoms with Crippen molar-refractivity contribution in [2.45, 2.75) is 11.3 Å². The molecule has 0 heterocycles. The summed E-state index contributed by atoms with van der Waals surface area (Å²) in [5, 5.41) is 7.87. The molecule has 128 valence electrons. The maximum Gasteiger partial charge on any atom is 0.252 e. The highest BCUT2D eigenvalue weighted by Gasteiger charge is 2.11. The highest BCUT2D eigenvalue weighted by atomic mass is 79.9. The first kappa shape index (κ1) is 18.4. The number of hydrogen-bond donors (Lipinski definition) is 2. The van der Waals surface area contributed by atoms with E-state index in [9.17, 15) is 13.2 Å². The lowest BCUT2D eigenvalue weighted by Crippen LogP contribution is -2.26. The van der Waals surface area contributed by atoms with Crippen LogP contribution < -0.4 is 15.2 Å². The minimum absolute atomic E-state index is 0.0654. The van der Waals surface area contributed by atoms with E-state index in [1.807, 2.05) is 0 Å². The van der Waals surface area contributed by atoms with Crippen LogP contribution in [0.4, 0.5) is 0 Å². The van der Waals surface area contributed by atoms with Crippen LogP contribution in [0.5, 0.6) is 5.75 Å². The minimum Gasteiger partial charge on any atom is -0.497 e. The smallest absolute Gasteiger partial charge is 0.252 e. The topological polar surface area (TPSA) is 98.5 Å². The van der Waals surface area contributed by atoms with Crippen LogP contribution in [0.2, 0.25) is 0 Å². The van der Waals surface area contributed by atoms with Crippen molar-refractivity contribution in [1.82, 2.24) is 5.32 Å². The number of benzene rings is 2. The summed E-state index contributed by atoms with van der Waals surface area (Å²) in [4.78, 5) is 12.3. The zero-order chi connectivity index (χ0) is 17.7. The average molecular weight is 413 g/mol. The second kappa shape index (κ2) is 7.78. The van der Waals surface area contributed by atoms with Crippen molar-refractivity contribution in [2.75, 3.05) is 13.7 Å². The van der Waals surface area contributed by atoms with E-state index in [0.29, 0.717) is 28.8 Å². The van der Waals surface area contributed by atoms with Gasteiger partial charge in [-0.05, 0) is 58.2 Å². The monoisotopic (exact) mass is 412 g/mol. The third-order valence-corrected chi connectivity index (χ3v) is 4.99. The third kappa shape index (κ3) is 4.80. The summed E-state index contributed by atoms with van der Waals surface area (Å²) in [6, 6.07) is 11.4. The molecule has 0 bridgehead atoms. The third-order valence-electron chi connectivity index (χ3n) is 3.37. The van der Waals surface area contributed by atoms with Crippen LogP contribution in [-0.2, 0) is 16.4 Å². The Bertz CT molecular complexity index is 836. The lowest BCUT2D eigenvalue weighted by Gasteiger charge is -2.09. The lowest BCUT2D eigenvalue weighted by atomic mass is 10.1. The van der Waals surface area contributed by atoms with E-state index < -0.39 is 10.0 Å². The van der Waals surface area contributed by atoms with Crippen molar-refractivity contribution < 1.29 is 17.9 Å². The fraction of sp³-hybridized carbons (Fsp3) is 0.188. The van der Waals surface area contributed by atoms with Gasteiger partial charge in [0.1, 0.15) is 5.75 Å². The molecule has 2 rings (SSSR count). The number of carbonyl (C=O) groups is 1. The molecule has 0 spiro atoms. The number of nitrogens with two attached hydrogens (primary N) is 1. The number of ether oxygens (including phenoxy) is 1. The van der Waals surface area contributed by atoms with Crippen LogP contribution in [0.1, 0.15) is 15.9 Å². The number of methoxy groups -OCH3 is 1. The molecular weight excluding hydrogens is 396 g/mol. The van der Waals surface area contributed by atoms with Gasteiger partial charge in [-0.3, -0.25) is 4.79 Å². The Morgan fingerprint density at radius 1 is 1.21 bits per heavy atom.